The molecule has 0 spiro atoms. The van der Waals surface area contributed by atoms with Crippen LogP contribution in [-0.4, -0.2) is 41.0 Å². The van der Waals surface area contributed by atoms with E-state index < -0.39 is 17.2 Å². The lowest BCUT2D eigenvalue weighted by atomic mass is 10.2. The summed E-state index contributed by atoms with van der Waals surface area (Å²) < 4.78 is 11.1. The molecule has 5 rings (SSSR count). The molecule has 5 aromatic rings. The van der Waals surface area contributed by atoms with Crippen LogP contribution in [-0.2, 0) is 25.4 Å². The van der Waals surface area contributed by atoms with E-state index in [1.54, 1.807) is 22.5 Å². The molecule has 4 aromatic heterocycles. The summed E-state index contributed by atoms with van der Waals surface area (Å²) in [5, 5.41) is 6.54. The molecular weight excluding hydrogens is 456 g/mol. The fraction of sp³-hybridized carbons (Fsp3) is 0.174. The zero-order valence-electron chi connectivity index (χ0n) is 18.4. The highest BCUT2D eigenvalue weighted by Crippen LogP contribution is 2.28. The molecular formula is C23H20N6O4S. The van der Waals surface area contributed by atoms with Gasteiger partial charge in [-0.25, -0.2) is 19.3 Å². The molecule has 0 aliphatic rings. The van der Waals surface area contributed by atoms with Crippen LogP contribution in [0.1, 0.15) is 10.4 Å². The standard InChI is InChI=1S/C23H20N6O4S/c1-26-20-19(21(30)27(2)23(26)32)28(14-24-20)10-11-33-22(31)16-13-29(15-7-4-3-5-8-15)25-18(16)17-9-6-12-34-17/h3-9,12-14H,10-11H2,1-2H3. The molecule has 0 bridgehead atoms. The second kappa shape index (κ2) is 8.60. The van der Waals surface area contributed by atoms with Gasteiger partial charge in [-0.05, 0) is 23.6 Å². The number of hydrogen-bond acceptors (Lipinski definition) is 7. The van der Waals surface area contributed by atoms with Crippen LogP contribution in [0.5, 0.6) is 0 Å². The molecule has 0 fully saturated rings. The van der Waals surface area contributed by atoms with Crippen LogP contribution in [0.15, 0.2) is 70.0 Å². The summed E-state index contributed by atoms with van der Waals surface area (Å²) >= 11 is 1.48. The lowest BCUT2D eigenvalue weighted by Gasteiger charge is -2.07. The predicted molar refractivity (Wildman–Crippen MR) is 127 cm³/mol. The normalized spacial score (nSPS) is 11.2. The maximum absolute atomic E-state index is 13.0. The molecule has 0 atom stereocenters. The lowest BCUT2D eigenvalue weighted by molar-refractivity contribution is 0.0493. The fourth-order valence-corrected chi connectivity index (χ4v) is 4.44. The maximum atomic E-state index is 13.0. The molecule has 10 nitrogen and oxygen atoms in total. The van der Waals surface area contributed by atoms with Gasteiger partial charge < -0.3 is 9.30 Å². The van der Waals surface area contributed by atoms with E-state index in [2.05, 4.69) is 10.1 Å². The van der Waals surface area contributed by atoms with E-state index in [1.807, 2.05) is 47.8 Å². The van der Waals surface area contributed by atoms with Crippen molar-refractivity contribution in [2.75, 3.05) is 6.61 Å². The minimum atomic E-state index is -0.518. The summed E-state index contributed by atoms with van der Waals surface area (Å²) in [6.45, 7) is 0.216. The molecule has 0 aliphatic carbocycles. The Bertz CT molecular complexity index is 1610. The monoisotopic (exact) mass is 476 g/mol. The average molecular weight is 477 g/mol. The topological polar surface area (TPSA) is 106 Å². The zero-order chi connectivity index (χ0) is 23.8. The molecule has 0 N–H and O–H groups in total. The number of aryl methyl sites for hydroxylation is 1. The minimum Gasteiger partial charge on any atom is -0.460 e. The van der Waals surface area contributed by atoms with Gasteiger partial charge in [0.25, 0.3) is 5.56 Å². The molecule has 172 valence electrons. The van der Waals surface area contributed by atoms with Crippen LogP contribution >= 0.6 is 11.3 Å². The first-order valence-electron chi connectivity index (χ1n) is 10.4. The van der Waals surface area contributed by atoms with E-state index in [1.165, 1.54) is 29.3 Å². The van der Waals surface area contributed by atoms with Crippen LogP contribution in [0.3, 0.4) is 0 Å². The zero-order valence-corrected chi connectivity index (χ0v) is 19.2. The van der Waals surface area contributed by atoms with Crippen molar-refractivity contribution in [1.29, 1.82) is 0 Å². The molecule has 0 saturated heterocycles. The third kappa shape index (κ3) is 3.65. The first-order valence-corrected chi connectivity index (χ1v) is 11.3. The Morgan fingerprint density at radius 1 is 1.06 bits per heavy atom. The first kappa shape index (κ1) is 21.6. The Hall–Kier alpha value is -4.25. The fourth-order valence-electron chi connectivity index (χ4n) is 3.71. The molecule has 0 radical (unpaired) electrons. The van der Waals surface area contributed by atoms with Gasteiger partial charge in [-0.3, -0.25) is 13.9 Å². The third-order valence-corrected chi connectivity index (χ3v) is 6.37. The van der Waals surface area contributed by atoms with Crippen molar-refractivity contribution >= 4 is 28.5 Å². The van der Waals surface area contributed by atoms with Crippen molar-refractivity contribution in [2.24, 2.45) is 14.1 Å². The van der Waals surface area contributed by atoms with Crippen LogP contribution < -0.4 is 11.2 Å². The number of thiophene rings is 1. The van der Waals surface area contributed by atoms with Crippen molar-refractivity contribution in [3.63, 3.8) is 0 Å². The Morgan fingerprint density at radius 3 is 2.59 bits per heavy atom. The number of carbonyl (C=O) groups excluding carboxylic acids is 1. The Morgan fingerprint density at radius 2 is 1.85 bits per heavy atom. The molecule has 0 amide bonds. The van der Waals surface area contributed by atoms with E-state index in [-0.39, 0.29) is 24.3 Å². The molecule has 1 aromatic carbocycles. The number of aromatic nitrogens is 6. The van der Waals surface area contributed by atoms with Crippen molar-refractivity contribution in [3.05, 3.63) is 86.8 Å². The van der Waals surface area contributed by atoms with Crippen LogP contribution in [0.25, 0.3) is 27.4 Å². The number of rotatable bonds is 6. The van der Waals surface area contributed by atoms with Crippen LogP contribution in [0.4, 0.5) is 0 Å². The molecule has 4 heterocycles. The number of fused-ring (bicyclic) bond motifs is 1. The van der Waals surface area contributed by atoms with Crippen molar-refractivity contribution in [3.8, 4) is 16.3 Å². The molecule has 0 saturated carbocycles. The number of nitrogens with zero attached hydrogens (tertiary/aromatic N) is 6. The quantitative estimate of drug-likeness (QED) is 0.348. The van der Waals surface area contributed by atoms with Gasteiger partial charge in [-0.1, -0.05) is 24.3 Å². The van der Waals surface area contributed by atoms with Crippen molar-refractivity contribution in [2.45, 2.75) is 6.54 Å². The summed E-state index contributed by atoms with van der Waals surface area (Å²) in [7, 11) is 2.97. The molecule has 0 unspecified atom stereocenters. The Labute approximate surface area is 196 Å². The second-order valence-corrected chi connectivity index (χ2v) is 8.55. The van der Waals surface area contributed by atoms with Gasteiger partial charge in [-0.2, -0.15) is 5.10 Å². The maximum Gasteiger partial charge on any atom is 0.342 e. The third-order valence-electron chi connectivity index (χ3n) is 5.49. The largest absolute Gasteiger partial charge is 0.460 e. The summed E-state index contributed by atoms with van der Waals surface area (Å²) in [6.07, 6.45) is 3.12. The summed E-state index contributed by atoms with van der Waals surface area (Å²) in [5.74, 6) is -0.518. The highest BCUT2D eigenvalue weighted by Gasteiger charge is 2.21. The van der Waals surface area contributed by atoms with Crippen LogP contribution in [0, 0.1) is 0 Å². The number of imidazole rings is 1. The van der Waals surface area contributed by atoms with Gasteiger partial charge in [0, 0.05) is 20.3 Å². The van der Waals surface area contributed by atoms with Gasteiger partial charge in [0.15, 0.2) is 11.2 Å². The second-order valence-electron chi connectivity index (χ2n) is 7.60. The predicted octanol–water partition coefficient (Wildman–Crippen LogP) is 2.20. The van der Waals surface area contributed by atoms with Crippen LogP contribution in [0.2, 0.25) is 0 Å². The van der Waals surface area contributed by atoms with Gasteiger partial charge in [-0.15, -0.1) is 11.3 Å². The van der Waals surface area contributed by atoms with Gasteiger partial charge in [0.2, 0.25) is 0 Å². The van der Waals surface area contributed by atoms with Gasteiger partial charge in [0.1, 0.15) is 17.9 Å². The van der Waals surface area contributed by atoms with Gasteiger partial charge >= 0.3 is 11.7 Å². The van der Waals surface area contributed by atoms with E-state index in [4.69, 9.17) is 4.74 Å². The van der Waals surface area contributed by atoms with Crippen molar-refractivity contribution in [1.82, 2.24) is 28.5 Å². The van der Waals surface area contributed by atoms with E-state index in [9.17, 15) is 14.4 Å². The molecule has 11 heteroatoms. The number of ether oxygens (including phenoxy) is 1. The smallest absolute Gasteiger partial charge is 0.342 e. The highest BCUT2D eigenvalue weighted by molar-refractivity contribution is 7.13. The minimum absolute atomic E-state index is 0.0106. The SMILES string of the molecule is Cn1c(=O)c2c(ncn2CCOC(=O)c2cn(-c3ccccc3)nc2-c2cccs2)n(C)c1=O. The van der Waals surface area contributed by atoms with Gasteiger partial charge in [0.05, 0.1) is 23.4 Å². The Kier molecular flexibility index (Phi) is 5.46. The van der Waals surface area contributed by atoms with E-state index in [0.717, 1.165) is 15.1 Å². The molecule has 34 heavy (non-hydrogen) atoms. The lowest BCUT2D eigenvalue weighted by Crippen LogP contribution is -2.37. The number of hydrogen-bond donors (Lipinski definition) is 0. The first-order chi connectivity index (χ1) is 16.5. The summed E-state index contributed by atoms with van der Waals surface area (Å²) in [6, 6.07) is 13.3. The summed E-state index contributed by atoms with van der Waals surface area (Å²) in [5.41, 5.74) is 1.36. The highest BCUT2D eigenvalue weighted by atomic mass is 32.1. The summed E-state index contributed by atoms with van der Waals surface area (Å²) in [4.78, 5) is 42.7. The van der Waals surface area contributed by atoms with Crippen molar-refractivity contribution < 1.29 is 9.53 Å². The van der Waals surface area contributed by atoms with E-state index >= 15 is 0 Å². The number of para-hydroxylation sites is 1. The number of benzene rings is 1. The Balaban J connectivity index is 1.40. The molecule has 0 aliphatic heterocycles. The number of carbonyl (C=O) groups is 1. The average Bonchev–Trinajstić information content (AvgIpc) is 3.61. The number of esters is 1. The van der Waals surface area contributed by atoms with E-state index in [0.29, 0.717) is 11.3 Å².